The van der Waals surface area contributed by atoms with Crippen molar-refractivity contribution in [2.24, 2.45) is 0 Å². The summed E-state index contributed by atoms with van der Waals surface area (Å²) in [5.74, 6) is 0.991. The molecule has 25 heavy (non-hydrogen) atoms. The standard InChI is InChI=1S/C17H27N5O2S/c1-5-22-16-7-6-14(25(23,24)20(3)4)10-15(16)19-17(22)12-21-9-8-18-11-13(21)2/h6-7,10,13,18H,5,8-9,11-12H2,1-4H3/t13-/m0/s1. The summed E-state index contributed by atoms with van der Waals surface area (Å²) in [6.07, 6.45) is 0. The van der Waals surface area contributed by atoms with Crippen molar-refractivity contribution in [3.63, 3.8) is 0 Å². The highest BCUT2D eigenvalue weighted by Crippen LogP contribution is 2.23. The van der Waals surface area contributed by atoms with Crippen molar-refractivity contribution in [1.29, 1.82) is 0 Å². The summed E-state index contributed by atoms with van der Waals surface area (Å²) in [6.45, 7) is 8.87. The number of benzene rings is 1. The predicted molar refractivity (Wildman–Crippen MR) is 99.0 cm³/mol. The SMILES string of the molecule is CCn1c(CN2CCNC[C@@H]2C)nc2cc(S(=O)(=O)N(C)C)ccc21. The van der Waals surface area contributed by atoms with Gasteiger partial charge in [-0.3, -0.25) is 4.90 Å². The van der Waals surface area contributed by atoms with Crippen LogP contribution in [0.5, 0.6) is 0 Å². The third-order valence-corrected chi connectivity index (χ3v) is 6.69. The molecule has 0 radical (unpaired) electrons. The first-order valence-electron chi connectivity index (χ1n) is 8.71. The Morgan fingerprint density at radius 2 is 2.12 bits per heavy atom. The van der Waals surface area contributed by atoms with E-state index in [1.807, 2.05) is 6.07 Å². The molecule has 1 aliphatic heterocycles. The lowest BCUT2D eigenvalue weighted by Crippen LogP contribution is -2.49. The van der Waals surface area contributed by atoms with Crippen LogP contribution in [0, 0.1) is 0 Å². The minimum absolute atomic E-state index is 0.285. The molecule has 3 rings (SSSR count). The number of nitrogens with one attached hydrogen (secondary N) is 1. The number of fused-ring (bicyclic) bond motifs is 1. The molecule has 1 aromatic heterocycles. The van der Waals surface area contributed by atoms with Gasteiger partial charge in [0.2, 0.25) is 10.0 Å². The van der Waals surface area contributed by atoms with Crippen LogP contribution in [0.25, 0.3) is 11.0 Å². The van der Waals surface area contributed by atoms with Gasteiger partial charge >= 0.3 is 0 Å². The first-order chi connectivity index (χ1) is 11.8. The maximum Gasteiger partial charge on any atom is 0.242 e. The molecule has 2 aromatic rings. The first-order valence-corrected chi connectivity index (χ1v) is 10.1. The van der Waals surface area contributed by atoms with Gasteiger partial charge in [0.15, 0.2) is 0 Å². The van der Waals surface area contributed by atoms with Gasteiger partial charge in [0.25, 0.3) is 0 Å². The molecule has 138 valence electrons. The maximum atomic E-state index is 12.4. The lowest BCUT2D eigenvalue weighted by molar-refractivity contribution is 0.160. The number of imidazole rings is 1. The van der Waals surface area contributed by atoms with Crippen molar-refractivity contribution >= 4 is 21.1 Å². The number of aromatic nitrogens is 2. The topological polar surface area (TPSA) is 70.5 Å². The van der Waals surface area contributed by atoms with Gasteiger partial charge in [-0.1, -0.05) is 0 Å². The van der Waals surface area contributed by atoms with Gasteiger partial charge in [-0.2, -0.15) is 0 Å². The normalized spacial score (nSPS) is 19.8. The monoisotopic (exact) mass is 365 g/mol. The fraction of sp³-hybridized carbons (Fsp3) is 0.588. The Bertz CT molecular complexity index is 859. The average molecular weight is 366 g/mol. The third kappa shape index (κ3) is 3.44. The molecular formula is C17H27N5O2S. The Morgan fingerprint density at radius 1 is 1.36 bits per heavy atom. The van der Waals surface area contributed by atoms with E-state index in [9.17, 15) is 8.42 Å². The Kier molecular flexibility index (Phi) is 5.15. The minimum atomic E-state index is -3.45. The Labute approximate surface area is 149 Å². The van der Waals surface area contributed by atoms with Gasteiger partial charge in [0.05, 0.1) is 22.5 Å². The van der Waals surface area contributed by atoms with Crippen LogP contribution in [0.3, 0.4) is 0 Å². The number of sulfonamides is 1. The summed E-state index contributed by atoms with van der Waals surface area (Å²) < 4.78 is 28.2. The van der Waals surface area contributed by atoms with Crippen molar-refractivity contribution in [2.75, 3.05) is 33.7 Å². The molecule has 8 heteroatoms. The van der Waals surface area contributed by atoms with Crippen LogP contribution in [0.15, 0.2) is 23.1 Å². The van der Waals surface area contributed by atoms with E-state index in [-0.39, 0.29) is 4.90 Å². The maximum absolute atomic E-state index is 12.4. The molecule has 0 amide bonds. The van der Waals surface area contributed by atoms with E-state index >= 15 is 0 Å². The summed E-state index contributed by atoms with van der Waals surface area (Å²) in [5.41, 5.74) is 1.72. The molecule has 1 atom stereocenters. The van der Waals surface area contributed by atoms with Crippen molar-refractivity contribution in [3.8, 4) is 0 Å². The van der Waals surface area contributed by atoms with Gasteiger partial charge in [0.1, 0.15) is 5.82 Å². The fourth-order valence-corrected chi connectivity index (χ4v) is 4.23. The second kappa shape index (κ2) is 7.03. The molecule has 2 heterocycles. The Morgan fingerprint density at radius 3 is 2.76 bits per heavy atom. The van der Waals surface area contributed by atoms with Crippen LogP contribution in [0.2, 0.25) is 0 Å². The first kappa shape index (κ1) is 18.3. The molecule has 1 aromatic carbocycles. The van der Waals surface area contributed by atoms with Gasteiger partial charge < -0.3 is 9.88 Å². The van der Waals surface area contributed by atoms with E-state index < -0.39 is 10.0 Å². The van der Waals surface area contributed by atoms with Crippen LogP contribution in [0.4, 0.5) is 0 Å². The van der Waals surface area contributed by atoms with Gasteiger partial charge in [-0.25, -0.2) is 17.7 Å². The van der Waals surface area contributed by atoms with E-state index in [4.69, 9.17) is 4.98 Å². The summed E-state index contributed by atoms with van der Waals surface area (Å²) >= 11 is 0. The minimum Gasteiger partial charge on any atom is -0.327 e. The predicted octanol–water partition coefficient (Wildman–Crippen LogP) is 1.10. The molecular weight excluding hydrogens is 338 g/mol. The van der Waals surface area contributed by atoms with Gasteiger partial charge in [-0.05, 0) is 32.0 Å². The van der Waals surface area contributed by atoms with Crippen LogP contribution >= 0.6 is 0 Å². The van der Waals surface area contributed by atoms with Gasteiger partial charge in [-0.15, -0.1) is 0 Å². The van der Waals surface area contributed by atoms with E-state index in [0.29, 0.717) is 6.04 Å². The van der Waals surface area contributed by atoms with Crippen LogP contribution in [-0.4, -0.2) is 66.9 Å². The number of aryl methyl sites for hydroxylation is 1. The number of rotatable bonds is 5. The highest BCUT2D eigenvalue weighted by Gasteiger charge is 2.22. The van der Waals surface area contributed by atoms with Crippen LogP contribution in [-0.2, 0) is 23.1 Å². The van der Waals surface area contributed by atoms with E-state index in [2.05, 4.69) is 28.6 Å². The zero-order chi connectivity index (χ0) is 18.2. The quantitative estimate of drug-likeness (QED) is 0.859. The summed E-state index contributed by atoms with van der Waals surface area (Å²) in [7, 11) is -0.363. The Balaban J connectivity index is 1.99. The molecule has 0 aliphatic carbocycles. The van der Waals surface area contributed by atoms with Crippen molar-refractivity contribution < 1.29 is 8.42 Å². The number of piperazine rings is 1. The van der Waals surface area contributed by atoms with Crippen LogP contribution in [0.1, 0.15) is 19.7 Å². The zero-order valence-corrected chi connectivity index (χ0v) is 16.2. The summed E-state index contributed by atoms with van der Waals surface area (Å²) in [5, 5.41) is 3.40. The van der Waals surface area contributed by atoms with Crippen molar-refractivity contribution in [2.45, 2.75) is 37.9 Å². The molecule has 0 saturated carbocycles. The molecule has 0 spiro atoms. The molecule has 7 nitrogen and oxygen atoms in total. The summed E-state index contributed by atoms with van der Waals surface area (Å²) in [6, 6.07) is 5.68. The molecule has 1 saturated heterocycles. The van der Waals surface area contributed by atoms with Crippen molar-refractivity contribution in [3.05, 3.63) is 24.0 Å². The Hall–Kier alpha value is -1.48. The van der Waals surface area contributed by atoms with Gasteiger partial charge in [0, 0.05) is 46.3 Å². The number of hydrogen-bond donors (Lipinski definition) is 1. The van der Waals surface area contributed by atoms with E-state index in [1.54, 1.807) is 26.2 Å². The fourth-order valence-electron chi connectivity index (χ4n) is 3.30. The largest absolute Gasteiger partial charge is 0.327 e. The highest BCUT2D eigenvalue weighted by atomic mass is 32.2. The second-order valence-electron chi connectivity index (χ2n) is 6.73. The summed E-state index contributed by atoms with van der Waals surface area (Å²) in [4.78, 5) is 7.47. The zero-order valence-electron chi connectivity index (χ0n) is 15.4. The molecule has 1 aliphatic rings. The third-order valence-electron chi connectivity index (χ3n) is 4.88. The van der Waals surface area contributed by atoms with E-state index in [0.717, 1.165) is 49.6 Å². The van der Waals surface area contributed by atoms with Crippen molar-refractivity contribution in [1.82, 2.24) is 24.1 Å². The highest BCUT2D eigenvalue weighted by molar-refractivity contribution is 7.89. The second-order valence-corrected chi connectivity index (χ2v) is 8.89. The average Bonchev–Trinajstić information content (AvgIpc) is 2.92. The molecule has 1 N–H and O–H groups in total. The van der Waals surface area contributed by atoms with E-state index in [1.165, 1.54) is 4.31 Å². The molecule has 0 unspecified atom stereocenters. The molecule has 1 fully saturated rings. The van der Waals surface area contributed by atoms with Crippen LogP contribution < -0.4 is 5.32 Å². The molecule has 0 bridgehead atoms. The lowest BCUT2D eigenvalue weighted by atomic mass is 10.2. The number of hydrogen-bond acceptors (Lipinski definition) is 5. The lowest BCUT2D eigenvalue weighted by Gasteiger charge is -2.33. The smallest absolute Gasteiger partial charge is 0.242 e. The number of nitrogens with zero attached hydrogens (tertiary/aromatic N) is 4.